The van der Waals surface area contributed by atoms with Crippen molar-refractivity contribution in [3.05, 3.63) is 46.2 Å². The minimum Gasteiger partial charge on any atom is -0.329 e. The second-order valence-electron chi connectivity index (χ2n) is 6.89. The van der Waals surface area contributed by atoms with Gasteiger partial charge in [0.1, 0.15) is 17.2 Å². The van der Waals surface area contributed by atoms with E-state index in [1.54, 1.807) is 4.68 Å². The van der Waals surface area contributed by atoms with Crippen LogP contribution in [0.15, 0.2) is 45.1 Å². The normalized spacial score (nSPS) is 18.0. The van der Waals surface area contributed by atoms with Crippen molar-refractivity contribution < 1.29 is 0 Å². The molecule has 6 nitrogen and oxygen atoms in total. The van der Waals surface area contributed by atoms with Gasteiger partial charge < -0.3 is 5.32 Å². The fraction of sp³-hybridized carbons (Fsp3) is 0.450. The van der Waals surface area contributed by atoms with Crippen LogP contribution in [0, 0.1) is 0 Å². The van der Waals surface area contributed by atoms with Gasteiger partial charge in [0.05, 0.1) is 11.4 Å². The first-order valence-electron chi connectivity index (χ1n) is 9.57. The van der Waals surface area contributed by atoms with Crippen molar-refractivity contribution >= 4 is 17.4 Å². The van der Waals surface area contributed by atoms with Crippen molar-refractivity contribution in [2.45, 2.75) is 44.9 Å². The highest BCUT2D eigenvalue weighted by molar-refractivity contribution is 6.07. The molecule has 2 aromatic rings. The Kier molecular flexibility index (Phi) is 5.00. The smallest absolute Gasteiger partial charge is 0.282 e. The minimum absolute atomic E-state index is 0.0476. The largest absolute Gasteiger partial charge is 0.329 e. The molecule has 26 heavy (non-hydrogen) atoms. The Hall–Kier alpha value is -2.63. The van der Waals surface area contributed by atoms with Gasteiger partial charge in [0.15, 0.2) is 0 Å². The predicted octanol–water partition coefficient (Wildman–Crippen LogP) is 3.52. The second-order valence-corrected chi connectivity index (χ2v) is 6.89. The summed E-state index contributed by atoms with van der Waals surface area (Å²) in [5.74, 6) is 1.68. The van der Waals surface area contributed by atoms with Crippen molar-refractivity contribution in [2.75, 3.05) is 18.4 Å². The van der Waals surface area contributed by atoms with Crippen LogP contribution >= 0.6 is 0 Å². The van der Waals surface area contributed by atoms with Crippen molar-refractivity contribution in [3.63, 3.8) is 0 Å². The molecule has 0 spiro atoms. The van der Waals surface area contributed by atoms with Gasteiger partial charge in [-0.25, -0.2) is 4.68 Å². The zero-order chi connectivity index (χ0) is 17.8. The van der Waals surface area contributed by atoms with E-state index in [9.17, 15) is 4.79 Å². The lowest BCUT2D eigenvalue weighted by molar-refractivity contribution is 0.731. The number of amidine groups is 1. The average molecular weight is 351 g/mol. The van der Waals surface area contributed by atoms with Gasteiger partial charge in [0.25, 0.3) is 5.56 Å². The van der Waals surface area contributed by atoms with Crippen LogP contribution in [0.4, 0.5) is 5.82 Å². The average Bonchev–Trinajstić information content (AvgIpc) is 2.85. The molecule has 3 heterocycles. The standard InChI is InChI=1S/C20H25N5O/c26-20-18(16-11-6-8-13-21-16)19(23-17-12-5-2-7-14-22-17)24-25(20)15-9-3-1-4-10-15/h1,3-4,9-10,24H,2,5-8,11-14H2,(H,22,23). The van der Waals surface area contributed by atoms with Crippen molar-refractivity contribution in [3.8, 4) is 5.69 Å². The van der Waals surface area contributed by atoms with E-state index in [-0.39, 0.29) is 5.56 Å². The van der Waals surface area contributed by atoms with E-state index in [0.29, 0.717) is 5.56 Å². The number of benzene rings is 1. The zero-order valence-corrected chi connectivity index (χ0v) is 15.0. The summed E-state index contributed by atoms with van der Waals surface area (Å²) in [5.41, 5.74) is 2.35. The molecule has 136 valence electrons. The molecule has 0 aliphatic carbocycles. The van der Waals surface area contributed by atoms with Gasteiger partial charge in [-0.05, 0) is 44.2 Å². The van der Waals surface area contributed by atoms with Crippen LogP contribution in [0.5, 0.6) is 0 Å². The van der Waals surface area contributed by atoms with Gasteiger partial charge in [-0.15, -0.1) is 0 Å². The van der Waals surface area contributed by atoms with Gasteiger partial charge in [-0.1, -0.05) is 24.6 Å². The summed E-state index contributed by atoms with van der Waals surface area (Å²) in [7, 11) is 0. The molecule has 4 rings (SSSR count). The Bertz CT molecular complexity index is 875. The maximum absolute atomic E-state index is 13.2. The fourth-order valence-corrected chi connectivity index (χ4v) is 3.58. The number of H-pyrrole nitrogens is 1. The highest BCUT2D eigenvalue weighted by atomic mass is 16.1. The van der Waals surface area contributed by atoms with E-state index >= 15 is 0 Å². The van der Waals surface area contributed by atoms with Crippen LogP contribution < -0.4 is 10.9 Å². The first-order chi connectivity index (χ1) is 12.8. The molecule has 0 amide bonds. The summed E-state index contributed by atoms with van der Waals surface area (Å²) in [6, 6.07) is 9.67. The lowest BCUT2D eigenvalue weighted by Gasteiger charge is -2.12. The second kappa shape index (κ2) is 7.72. The quantitative estimate of drug-likeness (QED) is 0.888. The summed E-state index contributed by atoms with van der Waals surface area (Å²) in [6.07, 6.45) is 7.41. The molecule has 0 saturated carbocycles. The summed E-state index contributed by atoms with van der Waals surface area (Å²) in [6.45, 7) is 1.65. The molecule has 6 heteroatoms. The number of aromatic amines is 1. The third kappa shape index (κ3) is 3.49. The number of aliphatic imine (C=N–C) groups is 2. The SMILES string of the molecule is O=c1c(C2=NCCCC2)c(NC2=NCCCCC2)[nH]n1-c1ccccc1. The number of para-hydroxylation sites is 1. The van der Waals surface area contributed by atoms with E-state index in [1.807, 2.05) is 30.3 Å². The van der Waals surface area contributed by atoms with Crippen LogP contribution in [-0.2, 0) is 0 Å². The third-order valence-electron chi connectivity index (χ3n) is 4.96. The van der Waals surface area contributed by atoms with Crippen LogP contribution in [0.1, 0.15) is 50.5 Å². The van der Waals surface area contributed by atoms with Gasteiger partial charge in [-0.2, -0.15) is 0 Å². The van der Waals surface area contributed by atoms with E-state index < -0.39 is 0 Å². The van der Waals surface area contributed by atoms with Gasteiger partial charge in [0.2, 0.25) is 0 Å². The van der Waals surface area contributed by atoms with Crippen LogP contribution in [0.2, 0.25) is 0 Å². The summed E-state index contributed by atoms with van der Waals surface area (Å²) in [5, 5.41) is 6.67. The maximum atomic E-state index is 13.2. The lowest BCUT2D eigenvalue weighted by Crippen LogP contribution is -2.23. The molecule has 0 saturated heterocycles. The summed E-state index contributed by atoms with van der Waals surface area (Å²) in [4.78, 5) is 22.5. The van der Waals surface area contributed by atoms with E-state index in [0.717, 1.165) is 74.7 Å². The molecule has 1 aromatic heterocycles. The molecular weight excluding hydrogens is 326 g/mol. The number of anilines is 1. The first kappa shape index (κ1) is 16.8. The molecule has 1 aromatic carbocycles. The molecule has 0 atom stereocenters. The van der Waals surface area contributed by atoms with Crippen molar-refractivity contribution in [2.24, 2.45) is 9.98 Å². The molecular formula is C20H25N5O. The minimum atomic E-state index is -0.0476. The number of hydrogen-bond donors (Lipinski definition) is 2. The molecule has 2 aliphatic rings. The molecule has 0 radical (unpaired) electrons. The highest BCUT2D eigenvalue weighted by Gasteiger charge is 2.22. The third-order valence-corrected chi connectivity index (χ3v) is 4.96. The van der Waals surface area contributed by atoms with Crippen LogP contribution in [0.3, 0.4) is 0 Å². The Morgan fingerprint density at radius 2 is 1.69 bits per heavy atom. The Balaban J connectivity index is 1.77. The number of hydrogen-bond acceptors (Lipinski definition) is 4. The van der Waals surface area contributed by atoms with Crippen molar-refractivity contribution in [1.29, 1.82) is 0 Å². The monoisotopic (exact) mass is 351 g/mol. The number of rotatable bonds is 3. The van der Waals surface area contributed by atoms with Gasteiger partial charge >= 0.3 is 0 Å². The first-order valence-corrected chi connectivity index (χ1v) is 9.57. The topological polar surface area (TPSA) is 74.5 Å². The summed E-state index contributed by atoms with van der Waals surface area (Å²) >= 11 is 0. The number of nitrogens with one attached hydrogen (secondary N) is 2. The maximum Gasteiger partial charge on any atom is 0.282 e. The van der Waals surface area contributed by atoms with Crippen molar-refractivity contribution in [1.82, 2.24) is 9.78 Å². The van der Waals surface area contributed by atoms with Gasteiger partial charge in [-0.3, -0.25) is 19.9 Å². The van der Waals surface area contributed by atoms with E-state index in [1.165, 1.54) is 6.42 Å². The zero-order valence-electron chi connectivity index (χ0n) is 15.0. The lowest BCUT2D eigenvalue weighted by atomic mass is 10.0. The fourth-order valence-electron chi connectivity index (χ4n) is 3.58. The van der Waals surface area contributed by atoms with E-state index in [2.05, 4.69) is 20.4 Å². The molecule has 0 bridgehead atoms. The molecule has 2 aliphatic heterocycles. The van der Waals surface area contributed by atoms with Crippen LogP contribution in [-0.4, -0.2) is 34.4 Å². The highest BCUT2D eigenvalue weighted by Crippen LogP contribution is 2.20. The Labute approximate surface area is 153 Å². The molecule has 0 fully saturated rings. The van der Waals surface area contributed by atoms with Crippen LogP contribution in [0.25, 0.3) is 5.69 Å². The summed E-state index contributed by atoms with van der Waals surface area (Å²) < 4.78 is 1.60. The Morgan fingerprint density at radius 1 is 0.923 bits per heavy atom. The van der Waals surface area contributed by atoms with E-state index in [4.69, 9.17) is 0 Å². The molecule has 2 N–H and O–H groups in total. The molecule has 0 unspecified atom stereocenters. The number of aromatic nitrogens is 2. The Morgan fingerprint density at radius 3 is 2.50 bits per heavy atom. The van der Waals surface area contributed by atoms with Gasteiger partial charge in [0, 0.05) is 19.5 Å². The number of nitrogens with zero attached hydrogens (tertiary/aromatic N) is 3. The predicted molar refractivity (Wildman–Crippen MR) is 106 cm³/mol.